The van der Waals surface area contributed by atoms with Crippen molar-refractivity contribution in [2.75, 3.05) is 0 Å². The van der Waals surface area contributed by atoms with E-state index in [1.165, 1.54) is 17.5 Å². The Hall–Kier alpha value is -2.40. The van der Waals surface area contributed by atoms with Gasteiger partial charge in [0.25, 0.3) is 0 Å². The van der Waals surface area contributed by atoms with Crippen LogP contribution in [-0.2, 0) is 25.1 Å². The number of aromatic nitrogens is 3. The van der Waals surface area contributed by atoms with Crippen LogP contribution in [0.1, 0.15) is 35.2 Å². The molecule has 3 aromatic rings. The first-order chi connectivity index (χ1) is 12.8. The van der Waals surface area contributed by atoms with Gasteiger partial charge in [0.1, 0.15) is 5.03 Å². The molecule has 1 aliphatic rings. The van der Waals surface area contributed by atoms with Crippen LogP contribution in [-0.4, -0.2) is 14.5 Å². The molecule has 0 bridgehead atoms. The van der Waals surface area contributed by atoms with Gasteiger partial charge >= 0.3 is 5.69 Å². The third kappa shape index (κ3) is 3.73. The van der Waals surface area contributed by atoms with Crippen molar-refractivity contribution in [3.63, 3.8) is 0 Å². The lowest BCUT2D eigenvalue weighted by atomic mass is 9.97. The average Bonchev–Trinajstić information content (AvgIpc) is 2.70. The largest absolute Gasteiger partial charge is 0.349 e. The molecule has 4 rings (SSSR count). The molecule has 0 unspecified atom stereocenters. The van der Waals surface area contributed by atoms with Crippen molar-refractivity contribution in [2.45, 2.75) is 43.0 Å². The zero-order valence-electron chi connectivity index (χ0n) is 14.6. The monoisotopic (exact) mass is 363 g/mol. The maximum atomic E-state index is 12.7. The lowest BCUT2D eigenvalue weighted by Crippen LogP contribution is -2.30. The van der Waals surface area contributed by atoms with E-state index >= 15 is 0 Å². The molecule has 2 aromatic heterocycles. The van der Waals surface area contributed by atoms with Crippen molar-refractivity contribution in [3.8, 4) is 0 Å². The van der Waals surface area contributed by atoms with E-state index in [1.54, 1.807) is 18.0 Å². The van der Waals surface area contributed by atoms with Gasteiger partial charge in [0.05, 0.1) is 6.54 Å². The van der Waals surface area contributed by atoms with Crippen molar-refractivity contribution < 1.29 is 0 Å². The molecule has 0 saturated carbocycles. The number of hydrogen-bond donors (Lipinski definition) is 0. The van der Waals surface area contributed by atoms with Gasteiger partial charge in [-0.1, -0.05) is 36.4 Å². The zero-order valence-corrected chi connectivity index (χ0v) is 15.4. The molecule has 26 heavy (non-hydrogen) atoms. The fourth-order valence-corrected chi connectivity index (χ4v) is 4.46. The topological polar surface area (TPSA) is 47.8 Å². The fourth-order valence-electron chi connectivity index (χ4n) is 3.43. The van der Waals surface area contributed by atoms with Crippen LogP contribution in [0, 0.1) is 0 Å². The van der Waals surface area contributed by atoms with Crippen LogP contribution in [0.15, 0.2) is 64.7 Å². The maximum absolute atomic E-state index is 12.7. The second-order valence-corrected chi connectivity index (χ2v) is 7.52. The molecule has 1 aliphatic carbocycles. The van der Waals surface area contributed by atoms with Crippen LogP contribution < -0.4 is 5.69 Å². The standard InChI is InChI=1S/C21H21N3OS/c25-21-23-20(26-15-16-7-2-1-3-8-16)18-10-4-5-11-19(18)24(21)14-17-9-6-12-22-13-17/h1-3,6-9,12-13H,4-5,10-11,14-15H2. The molecule has 0 amide bonds. The predicted molar refractivity (Wildman–Crippen MR) is 104 cm³/mol. The molecule has 0 fully saturated rings. The molecule has 0 saturated heterocycles. The number of pyridine rings is 1. The van der Waals surface area contributed by atoms with Crippen LogP contribution in [0.25, 0.3) is 0 Å². The van der Waals surface area contributed by atoms with Crippen LogP contribution in [0.5, 0.6) is 0 Å². The molecule has 0 atom stereocenters. The second-order valence-electron chi connectivity index (χ2n) is 6.55. The highest BCUT2D eigenvalue weighted by atomic mass is 32.2. The lowest BCUT2D eigenvalue weighted by molar-refractivity contribution is 0.569. The Bertz CT molecular complexity index is 939. The van der Waals surface area contributed by atoms with E-state index in [0.717, 1.165) is 41.3 Å². The van der Waals surface area contributed by atoms with E-state index in [2.05, 4.69) is 22.1 Å². The molecule has 4 nitrogen and oxygen atoms in total. The molecular formula is C21H21N3OS. The van der Waals surface area contributed by atoms with Gasteiger partial charge in [-0.2, -0.15) is 4.98 Å². The minimum atomic E-state index is -0.148. The summed E-state index contributed by atoms with van der Waals surface area (Å²) in [5.74, 6) is 0.840. The van der Waals surface area contributed by atoms with E-state index in [9.17, 15) is 4.79 Å². The fraction of sp³-hybridized carbons (Fsp3) is 0.286. The highest BCUT2D eigenvalue weighted by Gasteiger charge is 2.20. The van der Waals surface area contributed by atoms with Crippen LogP contribution in [0.3, 0.4) is 0 Å². The van der Waals surface area contributed by atoms with Gasteiger partial charge in [-0.15, -0.1) is 11.8 Å². The van der Waals surface area contributed by atoms with Gasteiger partial charge in [0, 0.05) is 29.4 Å². The highest BCUT2D eigenvalue weighted by molar-refractivity contribution is 7.98. The summed E-state index contributed by atoms with van der Waals surface area (Å²) in [4.78, 5) is 21.4. The first-order valence-electron chi connectivity index (χ1n) is 8.99. The molecule has 2 heterocycles. The molecular weight excluding hydrogens is 342 g/mol. The summed E-state index contributed by atoms with van der Waals surface area (Å²) in [7, 11) is 0. The van der Waals surface area contributed by atoms with E-state index in [-0.39, 0.29) is 5.69 Å². The normalized spacial score (nSPS) is 13.4. The summed E-state index contributed by atoms with van der Waals surface area (Å²) in [5.41, 5.74) is 4.57. The van der Waals surface area contributed by atoms with Crippen LogP contribution >= 0.6 is 11.8 Å². The molecule has 0 radical (unpaired) electrons. The Labute approximate surface area is 157 Å². The van der Waals surface area contributed by atoms with Gasteiger partial charge in [0.2, 0.25) is 0 Å². The number of nitrogens with zero attached hydrogens (tertiary/aromatic N) is 3. The number of thioether (sulfide) groups is 1. The summed E-state index contributed by atoms with van der Waals surface area (Å²) in [6.45, 7) is 0.547. The third-order valence-electron chi connectivity index (χ3n) is 4.73. The second kappa shape index (κ2) is 7.87. The van der Waals surface area contributed by atoms with Gasteiger partial charge in [-0.25, -0.2) is 4.79 Å². The van der Waals surface area contributed by atoms with E-state index in [4.69, 9.17) is 0 Å². The van der Waals surface area contributed by atoms with Gasteiger partial charge in [0.15, 0.2) is 0 Å². The molecule has 5 heteroatoms. The number of hydrogen-bond acceptors (Lipinski definition) is 4. The summed E-state index contributed by atoms with van der Waals surface area (Å²) >= 11 is 1.68. The van der Waals surface area contributed by atoms with Crippen molar-refractivity contribution in [3.05, 3.63) is 87.7 Å². The Morgan fingerprint density at radius 3 is 2.62 bits per heavy atom. The van der Waals surface area contributed by atoms with E-state index in [1.807, 2.05) is 41.1 Å². The predicted octanol–water partition coefficient (Wildman–Crippen LogP) is 3.86. The lowest BCUT2D eigenvalue weighted by Gasteiger charge is -2.22. The van der Waals surface area contributed by atoms with Crippen molar-refractivity contribution in [1.82, 2.24) is 14.5 Å². The number of fused-ring (bicyclic) bond motifs is 1. The maximum Gasteiger partial charge on any atom is 0.349 e. The minimum absolute atomic E-state index is 0.148. The molecule has 0 spiro atoms. The third-order valence-corrected chi connectivity index (χ3v) is 5.82. The quantitative estimate of drug-likeness (QED) is 0.510. The Balaban J connectivity index is 1.66. The van der Waals surface area contributed by atoms with E-state index in [0.29, 0.717) is 6.54 Å². The summed E-state index contributed by atoms with van der Waals surface area (Å²) in [5, 5.41) is 0.913. The number of rotatable bonds is 5. The van der Waals surface area contributed by atoms with Gasteiger partial charge < -0.3 is 0 Å². The first-order valence-corrected chi connectivity index (χ1v) is 9.98. The Kier molecular flexibility index (Phi) is 5.16. The van der Waals surface area contributed by atoms with Gasteiger partial charge in [-0.3, -0.25) is 9.55 Å². The molecule has 1 aromatic carbocycles. The summed E-state index contributed by atoms with van der Waals surface area (Å²) < 4.78 is 1.85. The Morgan fingerprint density at radius 1 is 1.00 bits per heavy atom. The molecule has 0 aliphatic heterocycles. The number of benzene rings is 1. The average molecular weight is 363 g/mol. The summed E-state index contributed by atoms with van der Waals surface area (Å²) in [6.07, 6.45) is 7.83. The SMILES string of the molecule is O=c1nc(SCc2ccccc2)c2c(n1Cc1cccnc1)CCCC2. The first kappa shape index (κ1) is 17.0. The minimum Gasteiger partial charge on any atom is -0.291 e. The molecule has 132 valence electrons. The van der Waals surface area contributed by atoms with Crippen LogP contribution in [0.4, 0.5) is 0 Å². The zero-order chi connectivity index (χ0) is 17.8. The highest BCUT2D eigenvalue weighted by Crippen LogP contribution is 2.30. The van der Waals surface area contributed by atoms with Crippen molar-refractivity contribution >= 4 is 11.8 Å². The summed E-state index contributed by atoms with van der Waals surface area (Å²) in [6, 6.07) is 14.3. The molecule has 0 N–H and O–H groups in total. The van der Waals surface area contributed by atoms with Crippen LogP contribution in [0.2, 0.25) is 0 Å². The van der Waals surface area contributed by atoms with Crippen molar-refractivity contribution in [2.24, 2.45) is 0 Å². The smallest absolute Gasteiger partial charge is 0.291 e. The van der Waals surface area contributed by atoms with E-state index < -0.39 is 0 Å². The van der Waals surface area contributed by atoms with Gasteiger partial charge in [-0.05, 0) is 42.9 Å². The van der Waals surface area contributed by atoms with Crippen molar-refractivity contribution in [1.29, 1.82) is 0 Å². The Morgan fingerprint density at radius 2 is 1.81 bits per heavy atom.